The van der Waals surface area contributed by atoms with Crippen molar-refractivity contribution in [3.63, 3.8) is 0 Å². The zero-order valence-corrected chi connectivity index (χ0v) is 14.7. The number of halogens is 3. The molecule has 0 aliphatic rings. The molecular formula is C18H13ClF2N4O2. The molecule has 9 heteroatoms. The van der Waals surface area contributed by atoms with Gasteiger partial charge in [0.2, 0.25) is 0 Å². The minimum Gasteiger partial charge on any atom is -0.495 e. The molecule has 0 saturated heterocycles. The Morgan fingerprint density at radius 3 is 2.44 bits per heavy atom. The zero-order chi connectivity index (χ0) is 19.4. The number of hydrogen-bond donors (Lipinski definition) is 2. The van der Waals surface area contributed by atoms with E-state index in [0.717, 1.165) is 12.1 Å². The summed E-state index contributed by atoms with van der Waals surface area (Å²) in [7, 11) is 1.51. The number of carbonyl (C=O) groups is 1. The molecule has 3 aromatic rings. The number of methoxy groups -OCH3 is 1. The third-order valence-corrected chi connectivity index (χ3v) is 3.76. The molecule has 0 unspecified atom stereocenters. The summed E-state index contributed by atoms with van der Waals surface area (Å²) < 4.78 is 32.4. The molecule has 138 valence electrons. The number of aromatic nitrogens is 2. The Morgan fingerprint density at radius 1 is 1.07 bits per heavy atom. The number of rotatable bonds is 5. The molecule has 0 radical (unpaired) electrons. The van der Waals surface area contributed by atoms with Crippen molar-refractivity contribution in [2.24, 2.45) is 0 Å². The summed E-state index contributed by atoms with van der Waals surface area (Å²) in [4.78, 5) is 12.1. The van der Waals surface area contributed by atoms with Crippen molar-refractivity contribution >= 4 is 34.7 Å². The minimum absolute atomic E-state index is 0.110. The van der Waals surface area contributed by atoms with Crippen LogP contribution in [0.25, 0.3) is 0 Å². The first-order valence-electron chi connectivity index (χ1n) is 7.67. The van der Waals surface area contributed by atoms with Crippen LogP contribution < -0.4 is 15.4 Å². The molecule has 1 aromatic heterocycles. The highest BCUT2D eigenvalue weighted by Gasteiger charge is 2.15. The molecule has 1 amide bonds. The molecule has 0 saturated carbocycles. The molecule has 0 fully saturated rings. The van der Waals surface area contributed by atoms with Gasteiger partial charge in [0.15, 0.2) is 11.5 Å². The molecule has 27 heavy (non-hydrogen) atoms. The summed E-state index contributed by atoms with van der Waals surface area (Å²) in [5.74, 6) is -1.70. The zero-order valence-electron chi connectivity index (χ0n) is 14.0. The number of anilines is 3. The molecule has 2 N–H and O–H groups in total. The lowest BCUT2D eigenvalue weighted by Crippen LogP contribution is -2.16. The Hall–Kier alpha value is -3.26. The monoisotopic (exact) mass is 390 g/mol. The van der Waals surface area contributed by atoms with Gasteiger partial charge in [-0.15, -0.1) is 10.2 Å². The Bertz CT molecular complexity index is 963. The molecule has 0 bridgehead atoms. The first-order valence-corrected chi connectivity index (χ1v) is 8.05. The van der Waals surface area contributed by atoms with E-state index in [9.17, 15) is 13.6 Å². The lowest BCUT2D eigenvalue weighted by Gasteiger charge is -2.11. The first-order chi connectivity index (χ1) is 13.0. The highest BCUT2D eigenvalue weighted by atomic mass is 35.5. The van der Waals surface area contributed by atoms with Gasteiger partial charge in [-0.05, 0) is 42.5 Å². The summed E-state index contributed by atoms with van der Waals surface area (Å²) in [6, 6.07) is 11.1. The Morgan fingerprint density at radius 2 is 1.81 bits per heavy atom. The van der Waals surface area contributed by atoms with Gasteiger partial charge in [0, 0.05) is 5.02 Å². The number of amides is 1. The van der Waals surface area contributed by atoms with Crippen LogP contribution in [-0.2, 0) is 0 Å². The van der Waals surface area contributed by atoms with Crippen LogP contribution in [0.4, 0.5) is 26.0 Å². The molecule has 1 heterocycles. The van der Waals surface area contributed by atoms with E-state index < -0.39 is 23.2 Å². The largest absolute Gasteiger partial charge is 0.495 e. The molecule has 6 nitrogen and oxygen atoms in total. The van der Waals surface area contributed by atoms with Gasteiger partial charge in [-0.3, -0.25) is 4.79 Å². The summed E-state index contributed by atoms with van der Waals surface area (Å²) in [6.45, 7) is 0. The van der Waals surface area contributed by atoms with E-state index in [0.29, 0.717) is 22.3 Å². The van der Waals surface area contributed by atoms with Crippen molar-refractivity contribution in [2.75, 3.05) is 17.7 Å². The van der Waals surface area contributed by atoms with Crippen LogP contribution in [0, 0.1) is 11.6 Å². The maximum atomic E-state index is 13.6. The van der Waals surface area contributed by atoms with Crippen LogP contribution >= 0.6 is 11.6 Å². The second-order valence-electron chi connectivity index (χ2n) is 5.32. The minimum atomic E-state index is -0.886. The van der Waals surface area contributed by atoms with Gasteiger partial charge in [0.05, 0.1) is 12.8 Å². The molecule has 0 aliphatic carbocycles. The SMILES string of the molecule is COc1ccc(Cl)cc1Nc1ccc(C(=O)Nc2c(F)cccc2F)nn1. The normalized spacial score (nSPS) is 10.4. The van der Waals surface area contributed by atoms with Crippen LogP contribution in [0.2, 0.25) is 5.02 Å². The van der Waals surface area contributed by atoms with Gasteiger partial charge in [0.25, 0.3) is 5.91 Å². The maximum Gasteiger partial charge on any atom is 0.276 e. The van der Waals surface area contributed by atoms with Crippen molar-refractivity contribution in [1.82, 2.24) is 10.2 Å². The van der Waals surface area contributed by atoms with Gasteiger partial charge >= 0.3 is 0 Å². The van der Waals surface area contributed by atoms with Gasteiger partial charge < -0.3 is 15.4 Å². The quantitative estimate of drug-likeness (QED) is 0.674. The van der Waals surface area contributed by atoms with Gasteiger partial charge in [-0.25, -0.2) is 8.78 Å². The number of carbonyl (C=O) groups excluding carboxylic acids is 1. The van der Waals surface area contributed by atoms with Crippen molar-refractivity contribution in [2.45, 2.75) is 0 Å². The van der Waals surface area contributed by atoms with Crippen LogP contribution in [0.1, 0.15) is 10.5 Å². The topological polar surface area (TPSA) is 76.1 Å². The second kappa shape index (κ2) is 7.96. The second-order valence-corrected chi connectivity index (χ2v) is 5.76. The number of hydrogen-bond acceptors (Lipinski definition) is 5. The highest BCUT2D eigenvalue weighted by Crippen LogP contribution is 2.29. The van der Waals surface area contributed by atoms with E-state index in [-0.39, 0.29) is 5.69 Å². The fourth-order valence-corrected chi connectivity index (χ4v) is 2.40. The van der Waals surface area contributed by atoms with Gasteiger partial charge in [0.1, 0.15) is 23.1 Å². The fraction of sp³-hybridized carbons (Fsp3) is 0.0556. The number of para-hydroxylation sites is 1. The molecule has 2 aromatic carbocycles. The smallest absolute Gasteiger partial charge is 0.276 e. The Labute approximate surface area is 158 Å². The third kappa shape index (κ3) is 4.29. The number of benzene rings is 2. The lowest BCUT2D eigenvalue weighted by atomic mass is 10.2. The predicted molar refractivity (Wildman–Crippen MR) is 97.6 cm³/mol. The van der Waals surface area contributed by atoms with Crippen LogP contribution in [0.15, 0.2) is 48.5 Å². The first kappa shape index (κ1) is 18.5. The number of ether oxygens (including phenoxy) is 1. The standard InChI is InChI=1S/C18H13ClF2N4O2/c1-27-15-7-5-10(19)9-14(15)22-16-8-6-13(24-25-16)18(26)23-17-11(20)3-2-4-12(17)21/h2-9H,1H3,(H,22,25)(H,23,26). The summed E-state index contributed by atoms with van der Waals surface area (Å²) >= 11 is 5.96. The van der Waals surface area contributed by atoms with E-state index in [1.54, 1.807) is 18.2 Å². The van der Waals surface area contributed by atoms with Crippen LogP contribution in [0.3, 0.4) is 0 Å². The molecule has 0 aliphatic heterocycles. The van der Waals surface area contributed by atoms with E-state index in [2.05, 4.69) is 20.8 Å². The van der Waals surface area contributed by atoms with Crippen molar-refractivity contribution in [3.05, 3.63) is 70.9 Å². The molecule has 3 rings (SSSR count). The Balaban J connectivity index is 1.76. The lowest BCUT2D eigenvalue weighted by molar-refractivity contribution is 0.102. The summed E-state index contributed by atoms with van der Waals surface area (Å²) in [6.07, 6.45) is 0. The maximum absolute atomic E-state index is 13.6. The van der Waals surface area contributed by atoms with E-state index >= 15 is 0 Å². The van der Waals surface area contributed by atoms with Gasteiger partial charge in [-0.2, -0.15) is 0 Å². The van der Waals surface area contributed by atoms with Crippen LogP contribution in [-0.4, -0.2) is 23.2 Å². The third-order valence-electron chi connectivity index (χ3n) is 3.52. The van der Waals surface area contributed by atoms with Crippen molar-refractivity contribution in [3.8, 4) is 5.75 Å². The van der Waals surface area contributed by atoms with E-state index in [4.69, 9.17) is 16.3 Å². The average molecular weight is 391 g/mol. The average Bonchev–Trinajstić information content (AvgIpc) is 2.65. The van der Waals surface area contributed by atoms with Crippen LogP contribution in [0.5, 0.6) is 5.75 Å². The molecule has 0 spiro atoms. The summed E-state index contributed by atoms with van der Waals surface area (Å²) in [5.41, 5.74) is -0.0960. The highest BCUT2D eigenvalue weighted by molar-refractivity contribution is 6.31. The van der Waals surface area contributed by atoms with Crippen molar-refractivity contribution in [1.29, 1.82) is 0 Å². The van der Waals surface area contributed by atoms with Crippen molar-refractivity contribution < 1.29 is 18.3 Å². The number of nitrogens with zero attached hydrogens (tertiary/aromatic N) is 2. The fourth-order valence-electron chi connectivity index (χ4n) is 2.23. The van der Waals surface area contributed by atoms with E-state index in [1.165, 1.54) is 25.3 Å². The van der Waals surface area contributed by atoms with E-state index in [1.807, 2.05) is 0 Å². The van der Waals surface area contributed by atoms with Gasteiger partial charge in [-0.1, -0.05) is 17.7 Å². The number of nitrogens with one attached hydrogen (secondary N) is 2. The predicted octanol–water partition coefficient (Wildman–Crippen LogP) is 4.41. The Kier molecular flexibility index (Phi) is 5.46. The summed E-state index contributed by atoms with van der Waals surface area (Å²) in [5, 5.41) is 13.2. The molecule has 0 atom stereocenters. The molecular weight excluding hydrogens is 378 g/mol.